The fraction of sp³-hybridized carbons (Fsp3) is 0. The van der Waals surface area contributed by atoms with Crippen molar-refractivity contribution >= 4 is 22.4 Å². The number of aromatic nitrogens is 3. The second kappa shape index (κ2) is 7.35. The standard InChI is InChI=1S/C20H14N4O2S/c25-18(22-20-21-11-12-27-20)16-15(13-7-3-1-4-8-13)17(23-24-19(16)26)14-9-5-2-6-10-14/h1-12H,(H,24,26)(H,21,22,25). The molecule has 4 aromatic rings. The van der Waals surface area contributed by atoms with Gasteiger partial charge in [0, 0.05) is 22.7 Å². The molecular weight excluding hydrogens is 360 g/mol. The summed E-state index contributed by atoms with van der Waals surface area (Å²) in [5, 5.41) is 11.6. The van der Waals surface area contributed by atoms with Gasteiger partial charge in [0.1, 0.15) is 5.56 Å². The van der Waals surface area contributed by atoms with Crippen LogP contribution in [0.4, 0.5) is 5.13 Å². The van der Waals surface area contributed by atoms with Crippen molar-refractivity contribution in [1.82, 2.24) is 15.2 Å². The van der Waals surface area contributed by atoms with Crippen molar-refractivity contribution in [3.8, 4) is 22.4 Å². The van der Waals surface area contributed by atoms with Gasteiger partial charge < -0.3 is 0 Å². The monoisotopic (exact) mass is 374 g/mol. The Balaban J connectivity index is 1.94. The first kappa shape index (κ1) is 16.9. The molecule has 0 unspecified atom stereocenters. The third kappa shape index (κ3) is 3.40. The lowest BCUT2D eigenvalue weighted by Gasteiger charge is -2.13. The molecule has 27 heavy (non-hydrogen) atoms. The van der Waals surface area contributed by atoms with Gasteiger partial charge in [-0.15, -0.1) is 11.3 Å². The summed E-state index contributed by atoms with van der Waals surface area (Å²) in [5.74, 6) is -0.523. The average molecular weight is 374 g/mol. The van der Waals surface area contributed by atoms with Crippen LogP contribution in [-0.4, -0.2) is 21.1 Å². The summed E-state index contributed by atoms with van der Waals surface area (Å²) >= 11 is 1.28. The Hall–Kier alpha value is -3.58. The van der Waals surface area contributed by atoms with E-state index >= 15 is 0 Å². The molecule has 2 N–H and O–H groups in total. The van der Waals surface area contributed by atoms with Gasteiger partial charge >= 0.3 is 0 Å². The van der Waals surface area contributed by atoms with E-state index in [4.69, 9.17) is 0 Å². The van der Waals surface area contributed by atoms with Gasteiger partial charge in [0.05, 0.1) is 5.69 Å². The Morgan fingerprint density at radius 3 is 2.26 bits per heavy atom. The van der Waals surface area contributed by atoms with Crippen LogP contribution in [0.3, 0.4) is 0 Å². The Bertz CT molecular complexity index is 1120. The lowest BCUT2D eigenvalue weighted by Crippen LogP contribution is -2.26. The maximum Gasteiger partial charge on any atom is 0.277 e. The van der Waals surface area contributed by atoms with Crippen molar-refractivity contribution in [1.29, 1.82) is 0 Å². The van der Waals surface area contributed by atoms with Crippen LogP contribution in [0, 0.1) is 0 Å². The summed E-state index contributed by atoms with van der Waals surface area (Å²) in [5.41, 5.74) is 2.01. The van der Waals surface area contributed by atoms with Gasteiger partial charge in [0.25, 0.3) is 11.5 Å². The second-order valence-corrected chi connectivity index (χ2v) is 6.57. The Kier molecular flexibility index (Phi) is 4.59. The fourth-order valence-electron chi connectivity index (χ4n) is 2.80. The molecule has 132 valence electrons. The second-order valence-electron chi connectivity index (χ2n) is 5.67. The van der Waals surface area contributed by atoms with Crippen molar-refractivity contribution in [3.05, 3.63) is 88.2 Å². The van der Waals surface area contributed by atoms with Crippen LogP contribution in [0.25, 0.3) is 22.4 Å². The molecule has 0 spiro atoms. The zero-order valence-corrected chi connectivity index (χ0v) is 14.9. The van der Waals surface area contributed by atoms with E-state index in [0.29, 0.717) is 16.4 Å². The van der Waals surface area contributed by atoms with E-state index in [1.165, 1.54) is 11.3 Å². The molecule has 6 nitrogen and oxygen atoms in total. The molecule has 0 aliphatic carbocycles. The zero-order chi connectivity index (χ0) is 18.6. The minimum absolute atomic E-state index is 0.00486. The molecule has 4 rings (SSSR count). The number of nitrogens with one attached hydrogen (secondary N) is 2. The number of anilines is 1. The predicted molar refractivity (Wildman–Crippen MR) is 106 cm³/mol. The van der Waals surface area contributed by atoms with E-state index in [0.717, 1.165) is 11.1 Å². The number of aromatic amines is 1. The van der Waals surface area contributed by atoms with E-state index in [1.54, 1.807) is 11.6 Å². The third-order valence-electron chi connectivity index (χ3n) is 3.97. The molecule has 0 atom stereocenters. The Morgan fingerprint density at radius 1 is 0.963 bits per heavy atom. The van der Waals surface area contributed by atoms with Crippen LogP contribution in [-0.2, 0) is 0 Å². The zero-order valence-electron chi connectivity index (χ0n) is 14.0. The summed E-state index contributed by atoms with van der Waals surface area (Å²) in [6.45, 7) is 0. The number of benzene rings is 2. The first-order chi connectivity index (χ1) is 13.2. The van der Waals surface area contributed by atoms with Crippen LogP contribution < -0.4 is 10.9 Å². The molecule has 1 amide bonds. The van der Waals surface area contributed by atoms with Gasteiger partial charge in [-0.25, -0.2) is 10.1 Å². The third-order valence-corrected chi connectivity index (χ3v) is 4.66. The van der Waals surface area contributed by atoms with Crippen molar-refractivity contribution in [2.75, 3.05) is 5.32 Å². The van der Waals surface area contributed by atoms with Crippen molar-refractivity contribution in [3.63, 3.8) is 0 Å². The maximum atomic E-state index is 12.9. The summed E-state index contributed by atoms with van der Waals surface area (Å²) < 4.78 is 0. The largest absolute Gasteiger partial charge is 0.298 e. The molecule has 0 aliphatic rings. The number of carbonyl (C=O) groups is 1. The smallest absolute Gasteiger partial charge is 0.277 e. The van der Waals surface area contributed by atoms with Crippen LogP contribution in [0.5, 0.6) is 0 Å². The number of carbonyl (C=O) groups excluding carboxylic acids is 1. The Labute approximate surface area is 158 Å². The van der Waals surface area contributed by atoms with E-state index in [-0.39, 0.29) is 5.56 Å². The minimum Gasteiger partial charge on any atom is -0.298 e. The normalized spacial score (nSPS) is 10.5. The molecule has 0 fully saturated rings. The topological polar surface area (TPSA) is 87.7 Å². The number of amides is 1. The summed E-state index contributed by atoms with van der Waals surface area (Å²) in [6, 6.07) is 18.7. The lowest BCUT2D eigenvalue weighted by atomic mass is 9.95. The quantitative estimate of drug-likeness (QED) is 0.568. The molecular formula is C20H14N4O2S. The lowest BCUT2D eigenvalue weighted by molar-refractivity contribution is 0.102. The average Bonchev–Trinajstić information content (AvgIpc) is 3.22. The van der Waals surface area contributed by atoms with Gasteiger partial charge in [-0.2, -0.15) is 5.10 Å². The molecule has 2 heterocycles. The number of thiazole rings is 1. The maximum absolute atomic E-state index is 12.9. The molecule has 0 saturated carbocycles. The van der Waals surface area contributed by atoms with Crippen LogP contribution >= 0.6 is 11.3 Å². The van der Waals surface area contributed by atoms with Gasteiger partial charge in [0.15, 0.2) is 5.13 Å². The highest BCUT2D eigenvalue weighted by Crippen LogP contribution is 2.31. The summed E-state index contributed by atoms with van der Waals surface area (Å²) in [4.78, 5) is 29.5. The van der Waals surface area contributed by atoms with E-state index in [9.17, 15) is 9.59 Å². The van der Waals surface area contributed by atoms with Gasteiger partial charge in [-0.3, -0.25) is 14.9 Å². The van der Waals surface area contributed by atoms with Crippen LogP contribution in [0.2, 0.25) is 0 Å². The SMILES string of the molecule is O=C(Nc1nccs1)c1c(-c2ccccc2)c(-c2ccccc2)n[nH]c1=O. The van der Waals surface area contributed by atoms with Crippen LogP contribution in [0.15, 0.2) is 77.0 Å². The van der Waals surface area contributed by atoms with Gasteiger partial charge in [0.2, 0.25) is 0 Å². The molecule has 0 bridgehead atoms. The number of hydrogen-bond acceptors (Lipinski definition) is 5. The van der Waals surface area contributed by atoms with Gasteiger partial charge in [-0.05, 0) is 5.56 Å². The predicted octanol–water partition coefficient (Wildman–Crippen LogP) is 3.81. The highest BCUT2D eigenvalue weighted by molar-refractivity contribution is 7.13. The van der Waals surface area contributed by atoms with Crippen LogP contribution in [0.1, 0.15) is 10.4 Å². The summed E-state index contributed by atoms with van der Waals surface area (Å²) in [6.07, 6.45) is 1.59. The highest BCUT2D eigenvalue weighted by atomic mass is 32.1. The number of nitrogens with zero attached hydrogens (tertiary/aromatic N) is 2. The first-order valence-corrected chi connectivity index (χ1v) is 9.06. The van der Waals surface area contributed by atoms with E-state index in [1.807, 2.05) is 60.7 Å². The molecule has 0 radical (unpaired) electrons. The molecule has 2 aromatic carbocycles. The highest BCUT2D eigenvalue weighted by Gasteiger charge is 2.23. The Morgan fingerprint density at radius 2 is 1.63 bits per heavy atom. The summed E-state index contributed by atoms with van der Waals surface area (Å²) in [7, 11) is 0. The van der Waals surface area contributed by atoms with Crippen molar-refractivity contribution in [2.45, 2.75) is 0 Å². The first-order valence-electron chi connectivity index (χ1n) is 8.18. The minimum atomic E-state index is -0.553. The van der Waals surface area contributed by atoms with E-state index in [2.05, 4.69) is 20.5 Å². The van der Waals surface area contributed by atoms with Crippen molar-refractivity contribution < 1.29 is 4.79 Å². The van der Waals surface area contributed by atoms with Crippen molar-refractivity contribution in [2.24, 2.45) is 0 Å². The van der Waals surface area contributed by atoms with Gasteiger partial charge in [-0.1, -0.05) is 60.7 Å². The number of H-pyrrole nitrogens is 1. The molecule has 0 saturated heterocycles. The number of hydrogen-bond donors (Lipinski definition) is 2. The van der Waals surface area contributed by atoms with E-state index < -0.39 is 11.5 Å². The fourth-order valence-corrected chi connectivity index (χ4v) is 3.33. The molecule has 0 aliphatic heterocycles. The number of rotatable bonds is 4. The molecule has 7 heteroatoms. The molecule has 2 aromatic heterocycles.